The zero-order valence-corrected chi connectivity index (χ0v) is 16.5. The number of hydrogen-bond donors (Lipinski definition) is 2. The Balaban J connectivity index is 0.00000220. The molecule has 0 spiro atoms. The van der Waals surface area contributed by atoms with Crippen LogP contribution in [0.1, 0.15) is 10.4 Å². The van der Waals surface area contributed by atoms with Crippen molar-refractivity contribution in [1.82, 2.24) is 10.6 Å². The number of halogens is 2. The lowest BCUT2D eigenvalue weighted by Crippen LogP contribution is -2.37. The van der Waals surface area contributed by atoms with E-state index in [0.717, 1.165) is 29.9 Å². The van der Waals surface area contributed by atoms with Crippen molar-refractivity contribution in [3.05, 3.63) is 56.7 Å². The maximum absolute atomic E-state index is 4.23. The highest BCUT2D eigenvalue weighted by atomic mass is 127. The second kappa shape index (κ2) is 10.2. The summed E-state index contributed by atoms with van der Waals surface area (Å²) in [5, 5.41) is 8.73. The Hall–Kier alpha value is -0.600. The van der Waals surface area contributed by atoms with Gasteiger partial charge in [0.25, 0.3) is 0 Å². The number of thiophene rings is 1. The van der Waals surface area contributed by atoms with Crippen LogP contribution in [0.3, 0.4) is 0 Å². The van der Waals surface area contributed by atoms with E-state index in [9.17, 15) is 0 Å². The summed E-state index contributed by atoms with van der Waals surface area (Å²) in [6.07, 6.45) is 0.992. The van der Waals surface area contributed by atoms with Gasteiger partial charge in [-0.25, -0.2) is 0 Å². The predicted octanol–water partition coefficient (Wildman–Crippen LogP) is 4.04. The van der Waals surface area contributed by atoms with Crippen molar-refractivity contribution >= 4 is 57.2 Å². The molecule has 21 heavy (non-hydrogen) atoms. The van der Waals surface area contributed by atoms with Gasteiger partial charge in [0.05, 0.1) is 6.54 Å². The molecule has 1 aromatic carbocycles. The Morgan fingerprint density at radius 2 is 2.00 bits per heavy atom. The Morgan fingerprint density at radius 1 is 1.24 bits per heavy atom. The summed E-state index contributed by atoms with van der Waals surface area (Å²) in [5.74, 6) is 0.838. The first-order valence-electron chi connectivity index (χ1n) is 6.49. The second-order valence-electron chi connectivity index (χ2n) is 4.32. The second-order valence-corrected chi connectivity index (χ2v) is 6.23. The average Bonchev–Trinajstić information content (AvgIpc) is 2.89. The van der Waals surface area contributed by atoms with Crippen LogP contribution in [0.4, 0.5) is 0 Å². The van der Waals surface area contributed by atoms with E-state index in [1.165, 1.54) is 10.4 Å². The first-order chi connectivity index (χ1) is 9.78. The molecule has 2 rings (SSSR count). The number of rotatable bonds is 5. The Morgan fingerprint density at radius 3 is 2.62 bits per heavy atom. The summed E-state index contributed by atoms with van der Waals surface area (Å²) < 4.78 is 1.13. The molecule has 114 valence electrons. The van der Waals surface area contributed by atoms with Crippen molar-refractivity contribution in [2.75, 3.05) is 13.6 Å². The van der Waals surface area contributed by atoms with Crippen LogP contribution in [-0.4, -0.2) is 19.6 Å². The van der Waals surface area contributed by atoms with Crippen molar-refractivity contribution in [3.63, 3.8) is 0 Å². The van der Waals surface area contributed by atoms with Gasteiger partial charge in [-0.05, 0) is 34.0 Å². The zero-order chi connectivity index (χ0) is 14.2. The molecule has 3 nitrogen and oxygen atoms in total. The smallest absolute Gasteiger partial charge is 0.191 e. The SMILES string of the molecule is CN=C(NCCc1ccccc1)NCc1cc(Br)cs1.I. The lowest BCUT2D eigenvalue weighted by atomic mass is 10.1. The monoisotopic (exact) mass is 479 g/mol. The highest BCUT2D eigenvalue weighted by Gasteiger charge is 2.00. The quantitative estimate of drug-likeness (QED) is 0.385. The summed E-state index contributed by atoms with van der Waals surface area (Å²) in [4.78, 5) is 5.51. The summed E-state index contributed by atoms with van der Waals surface area (Å²) in [6, 6.07) is 12.6. The molecule has 0 aliphatic heterocycles. The minimum Gasteiger partial charge on any atom is -0.356 e. The van der Waals surface area contributed by atoms with Gasteiger partial charge in [0, 0.05) is 28.3 Å². The maximum Gasteiger partial charge on any atom is 0.191 e. The first-order valence-corrected chi connectivity index (χ1v) is 8.16. The van der Waals surface area contributed by atoms with E-state index in [4.69, 9.17) is 0 Å². The van der Waals surface area contributed by atoms with Gasteiger partial charge in [-0.2, -0.15) is 0 Å². The van der Waals surface area contributed by atoms with E-state index < -0.39 is 0 Å². The van der Waals surface area contributed by atoms with Crippen LogP contribution in [-0.2, 0) is 13.0 Å². The lowest BCUT2D eigenvalue weighted by Gasteiger charge is -2.11. The fourth-order valence-electron chi connectivity index (χ4n) is 1.81. The molecule has 2 aromatic rings. The zero-order valence-electron chi connectivity index (χ0n) is 11.8. The van der Waals surface area contributed by atoms with Gasteiger partial charge in [0.15, 0.2) is 5.96 Å². The molecule has 1 heterocycles. The number of nitrogens with one attached hydrogen (secondary N) is 2. The molecule has 0 radical (unpaired) electrons. The van der Waals surface area contributed by atoms with Gasteiger partial charge < -0.3 is 10.6 Å². The van der Waals surface area contributed by atoms with Crippen LogP contribution < -0.4 is 10.6 Å². The third kappa shape index (κ3) is 6.80. The molecular weight excluding hydrogens is 461 g/mol. The number of benzene rings is 1. The third-order valence-corrected chi connectivity index (χ3v) is 4.52. The van der Waals surface area contributed by atoms with Crippen molar-refractivity contribution in [2.24, 2.45) is 4.99 Å². The van der Waals surface area contributed by atoms with Gasteiger partial charge in [-0.15, -0.1) is 35.3 Å². The topological polar surface area (TPSA) is 36.4 Å². The Bertz CT molecular complexity index is 557. The van der Waals surface area contributed by atoms with Crippen LogP contribution in [0.2, 0.25) is 0 Å². The van der Waals surface area contributed by atoms with Crippen molar-refractivity contribution in [3.8, 4) is 0 Å². The standard InChI is InChI=1S/C15H18BrN3S.HI/c1-17-15(19-10-14-9-13(16)11-20-14)18-8-7-12-5-3-2-4-6-12;/h2-6,9,11H,7-8,10H2,1H3,(H2,17,18,19);1H. The van der Waals surface area contributed by atoms with Crippen LogP contribution in [0, 0.1) is 0 Å². The molecule has 0 atom stereocenters. The van der Waals surface area contributed by atoms with Crippen molar-refractivity contribution in [2.45, 2.75) is 13.0 Å². The molecular formula is C15H19BrIN3S. The molecule has 0 fully saturated rings. The van der Waals surface area contributed by atoms with Crippen LogP contribution >= 0.6 is 51.2 Å². The normalized spacial score (nSPS) is 10.9. The average molecular weight is 480 g/mol. The minimum atomic E-state index is 0. The van der Waals surface area contributed by atoms with E-state index in [2.05, 4.69) is 67.3 Å². The molecule has 6 heteroatoms. The van der Waals surface area contributed by atoms with Crippen molar-refractivity contribution < 1.29 is 0 Å². The van der Waals surface area contributed by atoms with Gasteiger partial charge in [0.1, 0.15) is 0 Å². The number of nitrogens with zero attached hydrogens (tertiary/aromatic N) is 1. The molecule has 0 saturated heterocycles. The number of aliphatic imine (C=N–C) groups is 1. The summed E-state index contributed by atoms with van der Waals surface area (Å²) in [5.41, 5.74) is 1.33. The van der Waals surface area contributed by atoms with Gasteiger partial charge >= 0.3 is 0 Å². The fourth-order valence-corrected chi connectivity index (χ4v) is 3.20. The molecule has 0 bridgehead atoms. The molecule has 0 amide bonds. The highest BCUT2D eigenvalue weighted by Crippen LogP contribution is 2.19. The van der Waals surface area contributed by atoms with E-state index in [1.54, 1.807) is 18.4 Å². The number of guanidine groups is 1. The Labute approximate surface area is 155 Å². The van der Waals surface area contributed by atoms with Crippen molar-refractivity contribution in [1.29, 1.82) is 0 Å². The fraction of sp³-hybridized carbons (Fsp3) is 0.267. The van der Waals surface area contributed by atoms with Gasteiger partial charge in [-0.3, -0.25) is 4.99 Å². The van der Waals surface area contributed by atoms with Gasteiger partial charge in [-0.1, -0.05) is 30.3 Å². The molecule has 2 N–H and O–H groups in total. The molecule has 0 unspecified atom stereocenters. The maximum atomic E-state index is 4.23. The van der Waals surface area contributed by atoms with Crippen LogP contribution in [0.25, 0.3) is 0 Å². The molecule has 1 aromatic heterocycles. The van der Waals surface area contributed by atoms with Crippen LogP contribution in [0.5, 0.6) is 0 Å². The summed E-state index contributed by atoms with van der Waals surface area (Å²) in [6.45, 7) is 1.67. The van der Waals surface area contributed by atoms with E-state index in [1.807, 2.05) is 6.07 Å². The molecule has 0 saturated carbocycles. The summed E-state index contributed by atoms with van der Waals surface area (Å²) in [7, 11) is 1.79. The highest BCUT2D eigenvalue weighted by molar-refractivity contribution is 14.0. The minimum absolute atomic E-state index is 0. The largest absolute Gasteiger partial charge is 0.356 e. The van der Waals surface area contributed by atoms with E-state index in [-0.39, 0.29) is 24.0 Å². The molecule has 0 aliphatic carbocycles. The Kier molecular flexibility index (Phi) is 8.94. The summed E-state index contributed by atoms with van der Waals surface area (Å²) >= 11 is 5.19. The number of hydrogen-bond acceptors (Lipinski definition) is 2. The molecule has 0 aliphatic rings. The lowest BCUT2D eigenvalue weighted by molar-refractivity contribution is 0.799. The third-order valence-electron chi connectivity index (χ3n) is 2.82. The van der Waals surface area contributed by atoms with E-state index in [0.29, 0.717) is 0 Å². The van der Waals surface area contributed by atoms with Gasteiger partial charge in [0.2, 0.25) is 0 Å². The predicted molar refractivity (Wildman–Crippen MR) is 106 cm³/mol. The first kappa shape index (κ1) is 18.4. The van der Waals surface area contributed by atoms with E-state index >= 15 is 0 Å². The van der Waals surface area contributed by atoms with Crippen LogP contribution in [0.15, 0.2) is 51.2 Å².